The van der Waals surface area contributed by atoms with Gasteiger partial charge in [-0.2, -0.15) is 4.31 Å². The largest absolute Gasteiger partial charge is 0.396 e. The minimum absolute atomic E-state index is 0.0891. The smallest absolute Gasteiger partial charge is 0.236 e. The molecule has 0 bridgehead atoms. The Bertz CT molecular complexity index is 1180. The Balaban J connectivity index is 1.53. The van der Waals surface area contributed by atoms with Gasteiger partial charge in [0, 0.05) is 36.6 Å². The number of halogens is 2. The molecular weight excluding hydrogens is 465 g/mol. The fourth-order valence-corrected chi connectivity index (χ4v) is 6.14. The molecule has 0 radical (unpaired) electrons. The molecule has 3 aliphatic rings. The molecule has 2 aliphatic heterocycles. The maximum atomic E-state index is 13.3. The highest BCUT2D eigenvalue weighted by Gasteiger charge is 2.31. The number of aliphatic hydroxyl groups is 1. The van der Waals surface area contributed by atoms with Gasteiger partial charge in [-0.05, 0) is 54.9 Å². The molecule has 0 amide bonds. The molecule has 1 saturated carbocycles. The highest BCUT2D eigenvalue weighted by molar-refractivity contribution is 7.92. The van der Waals surface area contributed by atoms with Gasteiger partial charge in [0.05, 0.1) is 17.6 Å². The first-order valence-electron chi connectivity index (χ1n) is 11.0. The van der Waals surface area contributed by atoms with Crippen molar-refractivity contribution in [3.63, 3.8) is 0 Å². The maximum Gasteiger partial charge on any atom is 0.236 e. The summed E-state index contributed by atoms with van der Waals surface area (Å²) in [6.07, 6.45) is 7.46. The number of pyridine rings is 1. The second kappa shape index (κ2) is 9.95. The number of aromatic nitrogens is 1. The van der Waals surface area contributed by atoms with E-state index in [9.17, 15) is 17.9 Å². The molecular formula is C24H27ClFN3O3S. The lowest BCUT2D eigenvalue weighted by atomic mass is 9.94. The third-order valence-electron chi connectivity index (χ3n) is 6.20. The average molecular weight is 492 g/mol. The van der Waals surface area contributed by atoms with Crippen LogP contribution in [0.15, 0.2) is 63.5 Å². The summed E-state index contributed by atoms with van der Waals surface area (Å²) >= 11 is 6.58. The predicted molar refractivity (Wildman–Crippen MR) is 127 cm³/mol. The molecule has 1 unspecified atom stereocenters. The fourth-order valence-electron chi connectivity index (χ4n) is 4.41. The Kier molecular flexibility index (Phi) is 7.22. The first kappa shape index (κ1) is 23.9. The zero-order chi connectivity index (χ0) is 23.6. The van der Waals surface area contributed by atoms with Crippen molar-refractivity contribution < 1.29 is 17.9 Å². The van der Waals surface area contributed by atoms with Crippen molar-refractivity contribution in [3.8, 4) is 0 Å². The molecule has 0 saturated heterocycles. The molecule has 33 heavy (non-hydrogen) atoms. The summed E-state index contributed by atoms with van der Waals surface area (Å²) in [7, 11) is -3.56. The van der Waals surface area contributed by atoms with E-state index in [-0.39, 0.29) is 25.0 Å². The number of hydrogen-bond donors (Lipinski definition) is 2. The van der Waals surface area contributed by atoms with Gasteiger partial charge < -0.3 is 10.4 Å². The third kappa shape index (κ3) is 5.48. The van der Waals surface area contributed by atoms with E-state index in [4.69, 9.17) is 11.6 Å². The van der Waals surface area contributed by atoms with Crippen LogP contribution in [-0.4, -0.2) is 42.5 Å². The first-order chi connectivity index (χ1) is 15.8. The van der Waals surface area contributed by atoms with Crippen molar-refractivity contribution >= 4 is 27.3 Å². The second-order valence-corrected chi connectivity index (χ2v) is 10.9. The molecule has 3 heterocycles. The summed E-state index contributed by atoms with van der Waals surface area (Å²) in [5.74, 6) is -0.368. The first-order valence-corrected chi connectivity index (χ1v) is 12.9. The zero-order valence-electron chi connectivity index (χ0n) is 18.4. The quantitative estimate of drug-likeness (QED) is 0.607. The molecule has 6 nitrogen and oxygen atoms in total. The molecule has 0 aromatic carbocycles. The molecule has 9 heteroatoms. The van der Waals surface area contributed by atoms with Gasteiger partial charge in [-0.25, -0.2) is 12.8 Å². The van der Waals surface area contributed by atoms with Crippen molar-refractivity contribution in [3.05, 3.63) is 75.0 Å². The summed E-state index contributed by atoms with van der Waals surface area (Å²) in [6, 6.07) is 2.90. The van der Waals surface area contributed by atoms with Crippen LogP contribution < -0.4 is 5.32 Å². The Morgan fingerprint density at radius 1 is 1.42 bits per heavy atom. The SMILES string of the molecule is C[C@H]1CN(S(=O)(=O)/C=C2/CCC(CO)C2)CC=C1C1=C(Cl)CC=C=C(c2ccc(F)cn2)N1. The van der Waals surface area contributed by atoms with Crippen LogP contribution in [0.3, 0.4) is 0 Å². The van der Waals surface area contributed by atoms with Gasteiger partial charge in [0.2, 0.25) is 10.0 Å². The van der Waals surface area contributed by atoms with Gasteiger partial charge in [0.25, 0.3) is 0 Å². The Morgan fingerprint density at radius 2 is 2.24 bits per heavy atom. The molecule has 1 aromatic rings. The number of allylic oxidation sites excluding steroid dienone is 4. The van der Waals surface area contributed by atoms with Gasteiger partial charge >= 0.3 is 0 Å². The molecule has 176 valence electrons. The zero-order valence-corrected chi connectivity index (χ0v) is 20.0. The Morgan fingerprint density at radius 3 is 2.91 bits per heavy atom. The number of rotatable bonds is 5. The highest BCUT2D eigenvalue weighted by Crippen LogP contribution is 2.34. The van der Waals surface area contributed by atoms with Gasteiger partial charge in [0.15, 0.2) is 0 Å². The van der Waals surface area contributed by atoms with Crippen LogP contribution in [-0.2, 0) is 10.0 Å². The second-order valence-electron chi connectivity index (χ2n) is 8.68. The highest BCUT2D eigenvalue weighted by atomic mass is 35.5. The van der Waals surface area contributed by atoms with Crippen LogP contribution in [0.2, 0.25) is 0 Å². The van der Waals surface area contributed by atoms with E-state index in [1.165, 1.54) is 15.8 Å². The molecule has 1 aromatic heterocycles. The number of aliphatic hydroxyl groups excluding tert-OH is 1. The van der Waals surface area contributed by atoms with E-state index in [0.717, 1.165) is 23.8 Å². The van der Waals surface area contributed by atoms with Crippen molar-refractivity contribution in [2.45, 2.75) is 32.6 Å². The molecule has 2 atom stereocenters. The lowest BCUT2D eigenvalue weighted by Gasteiger charge is -2.31. The van der Waals surface area contributed by atoms with Gasteiger partial charge in [0.1, 0.15) is 11.5 Å². The maximum absolute atomic E-state index is 13.3. The number of hydrogen-bond acceptors (Lipinski definition) is 5. The lowest BCUT2D eigenvalue weighted by molar-refractivity contribution is 0.231. The molecule has 4 rings (SSSR count). The van der Waals surface area contributed by atoms with Crippen LogP contribution in [0.25, 0.3) is 5.70 Å². The van der Waals surface area contributed by atoms with Crippen LogP contribution in [0.5, 0.6) is 0 Å². The molecule has 0 spiro atoms. The van der Waals surface area contributed by atoms with Gasteiger partial charge in [-0.3, -0.25) is 4.98 Å². The number of sulfonamides is 1. The van der Waals surface area contributed by atoms with E-state index in [0.29, 0.717) is 47.9 Å². The van der Waals surface area contributed by atoms with E-state index >= 15 is 0 Å². The minimum Gasteiger partial charge on any atom is -0.396 e. The van der Waals surface area contributed by atoms with Crippen LogP contribution in [0, 0.1) is 17.7 Å². The van der Waals surface area contributed by atoms with E-state index in [1.807, 2.05) is 13.0 Å². The standard InChI is InChI=1S/C24H27ClFN3O3S/c1-16-13-29(33(31,32)15-18-6-5-17(11-18)14-30)10-9-20(16)24-21(25)3-2-4-23(28-24)22-8-7-19(26)12-27-22/h2,7-9,12,15-17,28,30H,3,5-6,10-11,13-14H2,1H3/b18-15-/t16-,17?/m0/s1. The van der Waals surface area contributed by atoms with Gasteiger partial charge in [-0.1, -0.05) is 35.9 Å². The lowest BCUT2D eigenvalue weighted by Crippen LogP contribution is -2.38. The van der Waals surface area contributed by atoms with Crippen LogP contribution in [0.1, 0.15) is 38.3 Å². The van der Waals surface area contributed by atoms with E-state index < -0.39 is 15.8 Å². The molecule has 2 N–H and O–H groups in total. The summed E-state index contributed by atoms with van der Waals surface area (Å²) in [5, 5.41) is 14.6. The summed E-state index contributed by atoms with van der Waals surface area (Å²) in [5.41, 5.74) is 6.75. The number of nitrogens with one attached hydrogen (secondary N) is 1. The van der Waals surface area contributed by atoms with Crippen LogP contribution in [0.4, 0.5) is 4.39 Å². The van der Waals surface area contributed by atoms with Crippen molar-refractivity contribution in [2.75, 3.05) is 19.7 Å². The number of nitrogens with zero attached hydrogens (tertiary/aromatic N) is 2. The van der Waals surface area contributed by atoms with Crippen molar-refractivity contribution in [1.29, 1.82) is 0 Å². The predicted octanol–water partition coefficient (Wildman–Crippen LogP) is 4.04. The Labute approximate surface area is 198 Å². The molecule has 1 fully saturated rings. The van der Waals surface area contributed by atoms with Crippen molar-refractivity contribution in [1.82, 2.24) is 14.6 Å². The van der Waals surface area contributed by atoms with Crippen LogP contribution >= 0.6 is 11.6 Å². The summed E-state index contributed by atoms with van der Waals surface area (Å²) in [4.78, 5) is 4.12. The third-order valence-corrected chi connectivity index (χ3v) is 8.20. The monoisotopic (exact) mass is 491 g/mol. The summed E-state index contributed by atoms with van der Waals surface area (Å²) in [6.45, 7) is 2.63. The molecule has 1 aliphatic carbocycles. The topological polar surface area (TPSA) is 82.5 Å². The average Bonchev–Trinajstić information content (AvgIpc) is 3.14. The van der Waals surface area contributed by atoms with E-state index in [1.54, 1.807) is 12.1 Å². The van der Waals surface area contributed by atoms with Crippen molar-refractivity contribution in [2.24, 2.45) is 11.8 Å². The fraction of sp³-hybridized carbons (Fsp3) is 0.417. The summed E-state index contributed by atoms with van der Waals surface area (Å²) < 4.78 is 40.7. The Hall–Kier alpha value is -2.22. The normalized spacial score (nSPS) is 25.6. The minimum atomic E-state index is -3.56. The van der Waals surface area contributed by atoms with Gasteiger partial charge in [-0.15, -0.1) is 0 Å². The van der Waals surface area contributed by atoms with E-state index in [2.05, 4.69) is 16.0 Å².